The molecule has 4 rings (SSSR count). The number of nitrogens with one attached hydrogen (secondary N) is 1. The molecule has 0 bridgehead atoms. The topological polar surface area (TPSA) is 141 Å². The number of amides is 1. The monoisotopic (exact) mass is 424 g/mol. The molecule has 1 saturated heterocycles. The van der Waals surface area contributed by atoms with Crippen LogP contribution in [0.15, 0.2) is 43.2 Å². The van der Waals surface area contributed by atoms with E-state index < -0.39 is 4.92 Å². The van der Waals surface area contributed by atoms with Crippen LogP contribution in [0.4, 0.5) is 17.2 Å². The van der Waals surface area contributed by atoms with Gasteiger partial charge >= 0.3 is 0 Å². The normalized spacial score (nSPS) is 14.3. The van der Waals surface area contributed by atoms with Crippen LogP contribution in [0.1, 0.15) is 12.8 Å². The average molecular weight is 424 g/mol. The van der Waals surface area contributed by atoms with E-state index in [0.717, 1.165) is 5.82 Å². The standard InChI is InChI=1S/C19H20N8O4/c1-31-16-3-2-14(27(29)30)8-15(16)24-19(28)13-4-6-25(7-5-13)17-9-18(22-11-21-17)26-12-20-10-23-26/h2-3,8-13H,4-7H2,1H3,(H,24,28). The lowest BCUT2D eigenvalue weighted by Gasteiger charge is -2.32. The van der Waals surface area contributed by atoms with Gasteiger partial charge < -0.3 is 15.0 Å². The number of carbonyl (C=O) groups is 1. The van der Waals surface area contributed by atoms with Crippen molar-refractivity contribution in [2.75, 3.05) is 30.4 Å². The number of ether oxygens (including phenoxy) is 1. The van der Waals surface area contributed by atoms with Crippen molar-refractivity contribution in [1.82, 2.24) is 24.7 Å². The molecule has 12 nitrogen and oxygen atoms in total. The van der Waals surface area contributed by atoms with E-state index >= 15 is 0 Å². The first-order valence-electron chi connectivity index (χ1n) is 9.60. The van der Waals surface area contributed by atoms with Crippen molar-refractivity contribution < 1.29 is 14.5 Å². The van der Waals surface area contributed by atoms with Crippen LogP contribution in [0.25, 0.3) is 5.82 Å². The lowest BCUT2D eigenvalue weighted by Crippen LogP contribution is -2.38. The zero-order valence-electron chi connectivity index (χ0n) is 16.7. The number of aromatic nitrogens is 5. The number of piperidine rings is 1. The van der Waals surface area contributed by atoms with Crippen molar-refractivity contribution in [2.45, 2.75) is 12.8 Å². The van der Waals surface area contributed by atoms with Crippen LogP contribution in [0.2, 0.25) is 0 Å². The Balaban J connectivity index is 1.40. The molecule has 3 heterocycles. The second kappa shape index (κ2) is 8.73. The smallest absolute Gasteiger partial charge is 0.271 e. The minimum absolute atomic E-state index is 0.113. The summed E-state index contributed by atoms with van der Waals surface area (Å²) in [6.07, 6.45) is 5.70. The number of anilines is 2. The highest BCUT2D eigenvalue weighted by Gasteiger charge is 2.27. The van der Waals surface area contributed by atoms with E-state index in [-0.39, 0.29) is 23.2 Å². The number of carbonyl (C=O) groups excluding carboxylic acids is 1. The fourth-order valence-electron chi connectivity index (χ4n) is 3.47. The van der Waals surface area contributed by atoms with E-state index in [1.165, 1.54) is 38.0 Å². The quantitative estimate of drug-likeness (QED) is 0.463. The summed E-state index contributed by atoms with van der Waals surface area (Å²) in [4.78, 5) is 37.8. The summed E-state index contributed by atoms with van der Waals surface area (Å²) in [7, 11) is 1.45. The van der Waals surface area contributed by atoms with Crippen molar-refractivity contribution in [1.29, 1.82) is 0 Å². The highest BCUT2D eigenvalue weighted by atomic mass is 16.6. The molecule has 3 aromatic rings. The second-order valence-corrected chi connectivity index (χ2v) is 6.97. The Kier molecular flexibility index (Phi) is 5.69. The molecule has 160 valence electrons. The zero-order valence-corrected chi connectivity index (χ0v) is 16.7. The number of hydrogen-bond acceptors (Lipinski definition) is 9. The molecular formula is C19H20N8O4. The predicted molar refractivity (Wildman–Crippen MR) is 110 cm³/mol. The van der Waals surface area contributed by atoms with E-state index in [0.29, 0.717) is 37.5 Å². The third-order valence-electron chi connectivity index (χ3n) is 5.13. The predicted octanol–water partition coefficient (Wildman–Crippen LogP) is 1.83. The van der Waals surface area contributed by atoms with Gasteiger partial charge in [-0.3, -0.25) is 14.9 Å². The Labute approximate surface area is 177 Å². The fourth-order valence-corrected chi connectivity index (χ4v) is 3.47. The van der Waals surface area contributed by atoms with Crippen LogP contribution in [-0.4, -0.2) is 55.8 Å². The van der Waals surface area contributed by atoms with Crippen molar-refractivity contribution >= 4 is 23.1 Å². The van der Waals surface area contributed by atoms with Crippen LogP contribution in [0.5, 0.6) is 5.75 Å². The van der Waals surface area contributed by atoms with Crippen LogP contribution in [0.3, 0.4) is 0 Å². The largest absolute Gasteiger partial charge is 0.495 e. The van der Waals surface area contributed by atoms with Gasteiger partial charge in [0.1, 0.15) is 30.5 Å². The number of benzene rings is 1. The summed E-state index contributed by atoms with van der Waals surface area (Å²) in [5.74, 6) is 1.32. The molecule has 0 spiro atoms. The van der Waals surface area contributed by atoms with Crippen LogP contribution >= 0.6 is 0 Å². The number of nitrogens with zero attached hydrogens (tertiary/aromatic N) is 7. The van der Waals surface area contributed by atoms with Gasteiger partial charge in [0.05, 0.1) is 17.7 Å². The van der Waals surface area contributed by atoms with Crippen molar-refractivity contribution in [3.8, 4) is 11.6 Å². The zero-order chi connectivity index (χ0) is 21.8. The summed E-state index contributed by atoms with van der Waals surface area (Å²) >= 11 is 0. The molecule has 0 atom stereocenters. The number of rotatable bonds is 6. The first kappa shape index (κ1) is 20.2. The molecule has 0 radical (unpaired) electrons. The third kappa shape index (κ3) is 4.42. The molecule has 0 saturated carbocycles. The first-order chi connectivity index (χ1) is 15.0. The summed E-state index contributed by atoms with van der Waals surface area (Å²) < 4.78 is 6.77. The lowest BCUT2D eigenvalue weighted by molar-refractivity contribution is -0.384. The van der Waals surface area contributed by atoms with Crippen LogP contribution in [0, 0.1) is 16.0 Å². The van der Waals surface area contributed by atoms with Crippen molar-refractivity contribution in [3.05, 3.63) is 53.4 Å². The molecule has 1 fully saturated rings. The number of nitro benzene ring substituents is 1. The molecule has 0 aliphatic carbocycles. The van der Waals surface area contributed by atoms with Gasteiger partial charge in [-0.1, -0.05) is 0 Å². The fraction of sp³-hybridized carbons (Fsp3) is 0.316. The summed E-state index contributed by atoms with van der Waals surface area (Å²) in [5, 5.41) is 17.9. The molecule has 1 aromatic carbocycles. The van der Waals surface area contributed by atoms with Crippen LogP contribution < -0.4 is 15.0 Å². The summed E-state index contributed by atoms with van der Waals surface area (Å²) in [6, 6.07) is 5.93. The Morgan fingerprint density at radius 2 is 1.97 bits per heavy atom. The maximum atomic E-state index is 12.8. The van der Waals surface area contributed by atoms with Gasteiger partial charge in [0.15, 0.2) is 5.82 Å². The molecule has 2 aromatic heterocycles. The summed E-state index contributed by atoms with van der Waals surface area (Å²) in [6.45, 7) is 1.27. The van der Waals surface area contributed by atoms with Gasteiger partial charge in [0.2, 0.25) is 5.91 Å². The van der Waals surface area contributed by atoms with E-state index in [1.807, 2.05) is 6.07 Å². The Morgan fingerprint density at radius 3 is 2.65 bits per heavy atom. The molecule has 1 N–H and O–H groups in total. The van der Waals surface area contributed by atoms with Gasteiger partial charge in [-0.15, -0.1) is 0 Å². The number of methoxy groups -OCH3 is 1. The first-order valence-corrected chi connectivity index (χ1v) is 9.60. The van der Waals surface area contributed by atoms with Crippen molar-refractivity contribution in [3.63, 3.8) is 0 Å². The van der Waals surface area contributed by atoms with E-state index in [2.05, 4.69) is 30.3 Å². The van der Waals surface area contributed by atoms with Gasteiger partial charge in [0, 0.05) is 37.2 Å². The maximum absolute atomic E-state index is 12.8. The molecule has 1 aliphatic rings. The van der Waals surface area contributed by atoms with E-state index in [1.54, 1.807) is 11.0 Å². The minimum atomic E-state index is -0.511. The number of non-ortho nitro benzene ring substituents is 1. The van der Waals surface area contributed by atoms with Crippen LogP contribution in [-0.2, 0) is 4.79 Å². The molecule has 1 amide bonds. The SMILES string of the molecule is COc1ccc([N+](=O)[O-])cc1NC(=O)C1CCN(c2cc(-n3cncn3)ncn2)CC1. The van der Waals surface area contributed by atoms with E-state index in [9.17, 15) is 14.9 Å². The Bertz CT molecular complexity index is 1080. The highest BCUT2D eigenvalue weighted by molar-refractivity contribution is 5.94. The Hall–Kier alpha value is -4.09. The number of nitro groups is 1. The third-order valence-corrected chi connectivity index (χ3v) is 5.13. The van der Waals surface area contributed by atoms with Gasteiger partial charge in [-0.25, -0.2) is 19.6 Å². The molecule has 31 heavy (non-hydrogen) atoms. The van der Waals surface area contributed by atoms with Gasteiger partial charge in [-0.05, 0) is 18.9 Å². The van der Waals surface area contributed by atoms with Crippen molar-refractivity contribution in [2.24, 2.45) is 5.92 Å². The van der Waals surface area contributed by atoms with Gasteiger partial charge in [-0.2, -0.15) is 5.10 Å². The summed E-state index contributed by atoms with van der Waals surface area (Å²) in [5.41, 5.74) is 0.176. The molecule has 12 heteroatoms. The number of hydrogen-bond donors (Lipinski definition) is 1. The minimum Gasteiger partial charge on any atom is -0.495 e. The Morgan fingerprint density at radius 1 is 1.19 bits per heavy atom. The average Bonchev–Trinajstić information content (AvgIpc) is 3.34. The van der Waals surface area contributed by atoms with E-state index in [4.69, 9.17) is 4.74 Å². The highest BCUT2D eigenvalue weighted by Crippen LogP contribution is 2.30. The lowest BCUT2D eigenvalue weighted by atomic mass is 9.95. The molecule has 1 aliphatic heterocycles. The maximum Gasteiger partial charge on any atom is 0.271 e. The molecule has 0 unspecified atom stereocenters. The second-order valence-electron chi connectivity index (χ2n) is 6.97. The molecular weight excluding hydrogens is 404 g/mol. The van der Waals surface area contributed by atoms with Gasteiger partial charge in [0.25, 0.3) is 5.69 Å².